The number of halogens is 1. The van der Waals surface area contributed by atoms with Gasteiger partial charge in [0.2, 0.25) is 0 Å². The van der Waals surface area contributed by atoms with Crippen LogP contribution in [0.25, 0.3) is 0 Å². The highest BCUT2D eigenvalue weighted by molar-refractivity contribution is 14.1. The van der Waals surface area contributed by atoms with Gasteiger partial charge in [0.25, 0.3) is 0 Å². The zero-order valence-corrected chi connectivity index (χ0v) is 10.0. The molecule has 0 fully saturated rings. The first-order valence-corrected chi connectivity index (χ1v) is 5.87. The first-order valence-electron chi connectivity index (χ1n) is 4.62. The van der Waals surface area contributed by atoms with E-state index in [0.717, 1.165) is 13.0 Å². The molecule has 1 rings (SSSR count). The molecule has 1 unspecified atom stereocenters. The second-order valence-corrected chi connectivity index (χ2v) is 4.38. The first-order chi connectivity index (χ1) is 6.33. The standard InChI is InChI=1S/C11H15IO/c1-2-6-11(12)13-9-10-7-4-3-5-8-10/h3-5,7-8,11H,2,6,9H2,1H3. The van der Waals surface area contributed by atoms with Gasteiger partial charge in [0, 0.05) is 0 Å². The predicted molar refractivity (Wildman–Crippen MR) is 63.9 cm³/mol. The number of ether oxygens (including phenoxy) is 1. The van der Waals surface area contributed by atoms with Crippen LogP contribution in [0.4, 0.5) is 0 Å². The van der Waals surface area contributed by atoms with Crippen LogP contribution >= 0.6 is 22.6 Å². The summed E-state index contributed by atoms with van der Waals surface area (Å²) in [5.41, 5.74) is 1.25. The summed E-state index contributed by atoms with van der Waals surface area (Å²) in [5, 5.41) is 0. The summed E-state index contributed by atoms with van der Waals surface area (Å²) >= 11 is 2.35. The fourth-order valence-electron chi connectivity index (χ4n) is 1.07. The Morgan fingerprint density at radius 1 is 1.31 bits per heavy atom. The van der Waals surface area contributed by atoms with Crippen LogP contribution < -0.4 is 0 Å². The Morgan fingerprint density at radius 3 is 2.62 bits per heavy atom. The van der Waals surface area contributed by atoms with Gasteiger partial charge in [0.15, 0.2) is 0 Å². The number of hydrogen-bond donors (Lipinski definition) is 0. The summed E-state index contributed by atoms with van der Waals surface area (Å²) in [7, 11) is 0. The van der Waals surface area contributed by atoms with Crippen molar-refractivity contribution in [3.05, 3.63) is 35.9 Å². The SMILES string of the molecule is CCCC(I)OCc1ccccc1. The minimum atomic E-state index is 0.350. The summed E-state index contributed by atoms with van der Waals surface area (Å²) in [6.07, 6.45) is 2.32. The van der Waals surface area contributed by atoms with Crippen molar-refractivity contribution in [2.75, 3.05) is 0 Å². The third kappa shape index (κ3) is 4.62. The maximum absolute atomic E-state index is 5.66. The second-order valence-electron chi connectivity index (χ2n) is 3.00. The molecule has 0 bridgehead atoms. The van der Waals surface area contributed by atoms with E-state index in [-0.39, 0.29) is 0 Å². The van der Waals surface area contributed by atoms with Crippen molar-refractivity contribution in [3.63, 3.8) is 0 Å². The van der Waals surface area contributed by atoms with Gasteiger partial charge in [-0.05, 0) is 12.0 Å². The Hall–Kier alpha value is -0.0900. The molecule has 2 heteroatoms. The van der Waals surface area contributed by atoms with Gasteiger partial charge in [-0.1, -0.05) is 66.3 Å². The molecule has 0 saturated heterocycles. The molecule has 0 aromatic heterocycles. The summed E-state index contributed by atoms with van der Waals surface area (Å²) in [4.78, 5) is 0. The molecule has 72 valence electrons. The van der Waals surface area contributed by atoms with E-state index in [1.54, 1.807) is 0 Å². The van der Waals surface area contributed by atoms with Crippen molar-refractivity contribution < 1.29 is 4.74 Å². The molecular formula is C11H15IO. The lowest BCUT2D eigenvalue weighted by molar-refractivity contribution is 0.104. The zero-order valence-electron chi connectivity index (χ0n) is 7.87. The molecule has 0 amide bonds. The van der Waals surface area contributed by atoms with E-state index >= 15 is 0 Å². The van der Waals surface area contributed by atoms with E-state index in [0.29, 0.717) is 4.11 Å². The normalized spacial score (nSPS) is 12.8. The quantitative estimate of drug-likeness (QED) is 0.592. The average molecular weight is 290 g/mol. The average Bonchev–Trinajstić information content (AvgIpc) is 2.17. The molecule has 1 atom stereocenters. The van der Waals surface area contributed by atoms with Crippen LogP contribution in [0.15, 0.2) is 30.3 Å². The van der Waals surface area contributed by atoms with Gasteiger partial charge in [-0.15, -0.1) is 0 Å². The van der Waals surface area contributed by atoms with Crippen LogP contribution in [0.5, 0.6) is 0 Å². The molecule has 0 aliphatic carbocycles. The van der Waals surface area contributed by atoms with Gasteiger partial charge >= 0.3 is 0 Å². The maximum Gasteiger partial charge on any atom is 0.109 e. The summed E-state index contributed by atoms with van der Waals surface area (Å²) in [6, 6.07) is 10.3. The van der Waals surface area contributed by atoms with Crippen molar-refractivity contribution in [2.24, 2.45) is 0 Å². The van der Waals surface area contributed by atoms with Gasteiger partial charge in [0.1, 0.15) is 4.11 Å². The van der Waals surface area contributed by atoms with E-state index in [1.165, 1.54) is 12.0 Å². The maximum atomic E-state index is 5.66. The van der Waals surface area contributed by atoms with Gasteiger partial charge < -0.3 is 4.74 Å². The molecule has 1 nitrogen and oxygen atoms in total. The monoisotopic (exact) mass is 290 g/mol. The van der Waals surface area contributed by atoms with E-state index < -0.39 is 0 Å². The minimum Gasteiger partial charge on any atom is -0.363 e. The van der Waals surface area contributed by atoms with Crippen molar-refractivity contribution in [3.8, 4) is 0 Å². The molecule has 1 aromatic rings. The van der Waals surface area contributed by atoms with Crippen LogP contribution in [0.2, 0.25) is 0 Å². The Bertz CT molecular complexity index is 223. The molecule has 0 spiro atoms. The van der Waals surface area contributed by atoms with Crippen molar-refractivity contribution in [1.29, 1.82) is 0 Å². The summed E-state index contributed by atoms with van der Waals surface area (Å²) < 4.78 is 6.00. The summed E-state index contributed by atoms with van der Waals surface area (Å²) in [5.74, 6) is 0. The molecule has 0 saturated carbocycles. The number of hydrogen-bond acceptors (Lipinski definition) is 1. The second kappa shape index (κ2) is 6.38. The molecule has 0 aliphatic heterocycles. The van der Waals surface area contributed by atoms with E-state index in [4.69, 9.17) is 4.74 Å². The lowest BCUT2D eigenvalue weighted by Crippen LogP contribution is -2.03. The lowest BCUT2D eigenvalue weighted by Gasteiger charge is -2.09. The fourth-order valence-corrected chi connectivity index (χ4v) is 1.87. The number of rotatable bonds is 5. The third-order valence-corrected chi connectivity index (χ3v) is 2.77. The minimum absolute atomic E-state index is 0.350. The highest BCUT2D eigenvalue weighted by Gasteiger charge is 2.01. The number of alkyl halides is 1. The van der Waals surface area contributed by atoms with E-state index in [9.17, 15) is 0 Å². The van der Waals surface area contributed by atoms with Crippen LogP contribution in [0.1, 0.15) is 25.3 Å². The van der Waals surface area contributed by atoms with Crippen LogP contribution in [0, 0.1) is 0 Å². The fraction of sp³-hybridized carbons (Fsp3) is 0.455. The highest BCUT2D eigenvalue weighted by Crippen LogP contribution is 2.12. The Kier molecular flexibility index (Phi) is 5.39. The Balaban J connectivity index is 2.27. The largest absolute Gasteiger partial charge is 0.363 e. The molecule has 0 heterocycles. The number of benzene rings is 1. The van der Waals surface area contributed by atoms with Crippen molar-refractivity contribution in [1.82, 2.24) is 0 Å². The molecule has 1 aromatic carbocycles. The summed E-state index contributed by atoms with van der Waals surface area (Å²) in [6.45, 7) is 2.91. The van der Waals surface area contributed by atoms with Crippen molar-refractivity contribution >= 4 is 22.6 Å². The predicted octanol–water partition coefficient (Wildman–Crippen LogP) is 3.76. The van der Waals surface area contributed by atoms with Gasteiger partial charge in [0.05, 0.1) is 6.61 Å². The molecular weight excluding hydrogens is 275 g/mol. The molecule has 13 heavy (non-hydrogen) atoms. The molecule has 0 radical (unpaired) electrons. The van der Waals surface area contributed by atoms with E-state index in [2.05, 4.69) is 41.6 Å². The third-order valence-electron chi connectivity index (χ3n) is 1.79. The lowest BCUT2D eigenvalue weighted by atomic mass is 10.2. The van der Waals surface area contributed by atoms with Gasteiger partial charge in [-0.3, -0.25) is 0 Å². The first kappa shape index (κ1) is 11.0. The Morgan fingerprint density at radius 2 is 2.00 bits per heavy atom. The zero-order chi connectivity index (χ0) is 9.52. The topological polar surface area (TPSA) is 9.23 Å². The van der Waals surface area contributed by atoms with E-state index in [1.807, 2.05) is 18.2 Å². The Labute approximate surface area is 93.6 Å². The molecule has 0 aliphatic rings. The smallest absolute Gasteiger partial charge is 0.109 e. The van der Waals surface area contributed by atoms with Crippen LogP contribution in [-0.4, -0.2) is 4.11 Å². The molecule has 0 N–H and O–H groups in total. The van der Waals surface area contributed by atoms with Crippen molar-refractivity contribution in [2.45, 2.75) is 30.5 Å². The van der Waals surface area contributed by atoms with Crippen LogP contribution in [-0.2, 0) is 11.3 Å². The highest BCUT2D eigenvalue weighted by atomic mass is 127. The van der Waals surface area contributed by atoms with Gasteiger partial charge in [-0.2, -0.15) is 0 Å². The van der Waals surface area contributed by atoms with Crippen LogP contribution in [0.3, 0.4) is 0 Å². The van der Waals surface area contributed by atoms with Gasteiger partial charge in [-0.25, -0.2) is 0 Å².